The highest BCUT2D eigenvalue weighted by Gasteiger charge is 2.59. The standard InChI is InChI=1S/C16H13F5N2O2/c1-8-6-10(4-5-12(8)15(17,18)16(19,20)21)23-14(25)11(7-22)13(24)9-2-3-9/h4-6,9,24H,2-3H2,1H3,(H,23,25)/b13-11-. The molecular weight excluding hydrogens is 347 g/mol. The lowest BCUT2D eigenvalue weighted by molar-refractivity contribution is -0.289. The Labute approximate surface area is 139 Å². The van der Waals surface area contributed by atoms with E-state index in [0.29, 0.717) is 18.9 Å². The number of aryl methyl sites for hydroxylation is 1. The highest BCUT2D eigenvalue weighted by atomic mass is 19.4. The van der Waals surface area contributed by atoms with Crippen molar-refractivity contribution < 1.29 is 31.9 Å². The summed E-state index contributed by atoms with van der Waals surface area (Å²) in [6.07, 6.45) is -4.45. The van der Waals surface area contributed by atoms with Crippen molar-refractivity contribution in [2.24, 2.45) is 5.92 Å². The monoisotopic (exact) mass is 360 g/mol. The molecule has 0 radical (unpaired) electrons. The smallest absolute Gasteiger partial charge is 0.458 e. The van der Waals surface area contributed by atoms with Crippen molar-refractivity contribution in [3.8, 4) is 6.07 Å². The van der Waals surface area contributed by atoms with Crippen molar-refractivity contribution in [2.45, 2.75) is 31.9 Å². The van der Waals surface area contributed by atoms with Gasteiger partial charge >= 0.3 is 12.1 Å². The Bertz CT molecular complexity index is 774. The molecule has 2 N–H and O–H groups in total. The molecule has 0 unspecified atom stereocenters. The minimum Gasteiger partial charge on any atom is -0.510 e. The molecule has 0 bridgehead atoms. The number of nitriles is 1. The molecular formula is C16H13F5N2O2. The van der Waals surface area contributed by atoms with E-state index >= 15 is 0 Å². The molecule has 1 amide bonds. The predicted octanol–water partition coefficient (Wildman–Crippen LogP) is 4.33. The summed E-state index contributed by atoms with van der Waals surface area (Å²) in [4.78, 5) is 12.0. The molecule has 25 heavy (non-hydrogen) atoms. The average molecular weight is 360 g/mol. The molecule has 1 saturated carbocycles. The SMILES string of the molecule is Cc1cc(NC(=O)/C(C#N)=C(\O)C2CC2)ccc1C(F)(F)C(F)(F)F. The summed E-state index contributed by atoms with van der Waals surface area (Å²) in [5.41, 5.74) is -2.19. The summed E-state index contributed by atoms with van der Waals surface area (Å²) in [5, 5.41) is 20.9. The van der Waals surface area contributed by atoms with Crippen LogP contribution in [0.5, 0.6) is 0 Å². The number of carbonyl (C=O) groups is 1. The van der Waals surface area contributed by atoms with Gasteiger partial charge in [0.1, 0.15) is 11.8 Å². The summed E-state index contributed by atoms with van der Waals surface area (Å²) in [6.45, 7) is 1.05. The van der Waals surface area contributed by atoms with Crippen molar-refractivity contribution in [1.29, 1.82) is 5.26 Å². The third kappa shape index (κ3) is 3.73. The lowest BCUT2D eigenvalue weighted by atomic mass is 10.0. The third-order valence-corrected chi connectivity index (χ3v) is 3.74. The van der Waals surface area contributed by atoms with E-state index in [0.717, 1.165) is 19.1 Å². The van der Waals surface area contributed by atoms with Gasteiger partial charge in [-0.25, -0.2) is 0 Å². The molecule has 0 aromatic heterocycles. The number of benzene rings is 1. The zero-order chi connectivity index (χ0) is 19.0. The maximum absolute atomic E-state index is 13.4. The van der Waals surface area contributed by atoms with Gasteiger partial charge in [0.15, 0.2) is 5.57 Å². The minimum absolute atomic E-state index is 0.0689. The second-order valence-electron chi connectivity index (χ2n) is 5.70. The molecule has 1 aliphatic carbocycles. The molecule has 9 heteroatoms. The number of anilines is 1. The molecule has 1 aliphatic rings. The first-order valence-corrected chi connectivity index (χ1v) is 7.19. The van der Waals surface area contributed by atoms with Crippen LogP contribution in [0, 0.1) is 24.2 Å². The molecule has 134 valence electrons. The summed E-state index contributed by atoms with van der Waals surface area (Å²) < 4.78 is 64.1. The number of alkyl halides is 5. The van der Waals surface area contributed by atoms with Gasteiger partial charge in [0.25, 0.3) is 5.91 Å². The van der Waals surface area contributed by atoms with Gasteiger partial charge in [-0.15, -0.1) is 0 Å². The molecule has 0 heterocycles. The Morgan fingerprint density at radius 2 is 1.88 bits per heavy atom. The van der Waals surface area contributed by atoms with E-state index in [2.05, 4.69) is 5.32 Å². The number of halogens is 5. The Hall–Kier alpha value is -2.63. The zero-order valence-corrected chi connectivity index (χ0v) is 12.9. The van der Waals surface area contributed by atoms with Gasteiger partial charge in [-0.3, -0.25) is 4.79 Å². The van der Waals surface area contributed by atoms with Gasteiger partial charge in [0.2, 0.25) is 0 Å². The molecule has 0 spiro atoms. The van der Waals surface area contributed by atoms with E-state index in [1.165, 1.54) is 0 Å². The maximum atomic E-state index is 13.4. The van der Waals surface area contributed by atoms with E-state index in [1.54, 1.807) is 6.07 Å². The predicted molar refractivity (Wildman–Crippen MR) is 77.7 cm³/mol. The molecule has 2 rings (SSSR count). The number of amides is 1. The van der Waals surface area contributed by atoms with Crippen LogP contribution in [0.2, 0.25) is 0 Å². The summed E-state index contributed by atoms with van der Waals surface area (Å²) in [7, 11) is 0. The second kappa shape index (κ2) is 6.35. The molecule has 1 fully saturated rings. The number of carbonyl (C=O) groups excluding carboxylic acids is 1. The van der Waals surface area contributed by atoms with Crippen LogP contribution in [0.1, 0.15) is 24.0 Å². The highest BCUT2D eigenvalue weighted by Crippen LogP contribution is 2.45. The zero-order valence-electron chi connectivity index (χ0n) is 12.9. The minimum atomic E-state index is -5.74. The van der Waals surface area contributed by atoms with Crippen molar-refractivity contribution in [2.75, 3.05) is 5.32 Å². The van der Waals surface area contributed by atoms with Crippen LogP contribution in [-0.4, -0.2) is 17.2 Å². The lowest BCUT2D eigenvalue weighted by Gasteiger charge is -2.22. The van der Waals surface area contributed by atoms with Crippen LogP contribution >= 0.6 is 0 Å². The first-order valence-electron chi connectivity index (χ1n) is 7.19. The van der Waals surface area contributed by atoms with Crippen molar-refractivity contribution in [1.82, 2.24) is 0 Å². The Kier molecular flexibility index (Phi) is 4.75. The van der Waals surface area contributed by atoms with Gasteiger partial charge in [-0.2, -0.15) is 27.2 Å². The summed E-state index contributed by atoms with van der Waals surface area (Å²) >= 11 is 0. The maximum Gasteiger partial charge on any atom is 0.458 e. The number of aliphatic hydroxyl groups is 1. The third-order valence-electron chi connectivity index (χ3n) is 3.74. The van der Waals surface area contributed by atoms with Crippen LogP contribution < -0.4 is 5.32 Å². The largest absolute Gasteiger partial charge is 0.510 e. The van der Waals surface area contributed by atoms with E-state index < -0.39 is 29.1 Å². The van der Waals surface area contributed by atoms with Crippen molar-refractivity contribution in [3.63, 3.8) is 0 Å². The molecule has 1 aromatic carbocycles. The molecule has 1 aromatic rings. The number of nitrogens with one attached hydrogen (secondary N) is 1. The number of hydrogen-bond donors (Lipinski definition) is 2. The number of hydrogen-bond acceptors (Lipinski definition) is 3. The first-order chi connectivity index (χ1) is 11.5. The van der Waals surface area contributed by atoms with Gasteiger partial charge < -0.3 is 10.4 Å². The Morgan fingerprint density at radius 3 is 2.32 bits per heavy atom. The molecule has 0 aliphatic heterocycles. The van der Waals surface area contributed by atoms with Gasteiger partial charge in [0, 0.05) is 17.2 Å². The summed E-state index contributed by atoms with van der Waals surface area (Å²) in [5.74, 6) is -6.59. The summed E-state index contributed by atoms with van der Waals surface area (Å²) in [6, 6.07) is 3.95. The van der Waals surface area contributed by atoms with E-state index in [-0.39, 0.29) is 22.9 Å². The second-order valence-corrected chi connectivity index (χ2v) is 5.70. The highest BCUT2D eigenvalue weighted by molar-refractivity contribution is 6.07. The fraction of sp³-hybridized carbons (Fsp3) is 0.375. The quantitative estimate of drug-likeness (QED) is 0.363. The fourth-order valence-electron chi connectivity index (χ4n) is 2.23. The van der Waals surface area contributed by atoms with Crippen LogP contribution in [-0.2, 0) is 10.7 Å². The topological polar surface area (TPSA) is 73.1 Å². The van der Waals surface area contributed by atoms with Gasteiger partial charge in [-0.1, -0.05) is 6.07 Å². The van der Waals surface area contributed by atoms with E-state index in [9.17, 15) is 31.9 Å². The van der Waals surface area contributed by atoms with Crippen molar-refractivity contribution >= 4 is 11.6 Å². The van der Waals surface area contributed by atoms with E-state index in [1.807, 2.05) is 0 Å². The molecule has 0 saturated heterocycles. The fourth-order valence-corrected chi connectivity index (χ4v) is 2.23. The molecule has 4 nitrogen and oxygen atoms in total. The number of allylic oxidation sites excluding steroid dienone is 1. The van der Waals surface area contributed by atoms with Crippen LogP contribution in [0.25, 0.3) is 0 Å². The van der Waals surface area contributed by atoms with Crippen LogP contribution in [0.4, 0.5) is 27.6 Å². The Morgan fingerprint density at radius 1 is 1.28 bits per heavy atom. The number of rotatable bonds is 4. The normalized spacial score (nSPS) is 16.0. The van der Waals surface area contributed by atoms with Gasteiger partial charge in [0.05, 0.1) is 0 Å². The Balaban J connectivity index is 2.26. The number of aliphatic hydroxyl groups excluding tert-OH is 1. The van der Waals surface area contributed by atoms with E-state index in [4.69, 9.17) is 5.26 Å². The van der Waals surface area contributed by atoms with Gasteiger partial charge in [-0.05, 0) is 37.5 Å². The lowest BCUT2D eigenvalue weighted by Crippen LogP contribution is -2.34. The van der Waals surface area contributed by atoms with Crippen molar-refractivity contribution in [3.05, 3.63) is 40.7 Å². The van der Waals surface area contributed by atoms with Crippen LogP contribution in [0.15, 0.2) is 29.5 Å². The molecule has 0 atom stereocenters. The number of nitrogens with zero attached hydrogens (tertiary/aromatic N) is 1. The first kappa shape index (κ1) is 18.7. The van der Waals surface area contributed by atoms with Crippen LogP contribution in [0.3, 0.4) is 0 Å². The average Bonchev–Trinajstić information content (AvgIpc) is 3.30.